The Morgan fingerprint density at radius 3 is 2.39 bits per heavy atom. The molecule has 0 N–H and O–H groups in total. The molecular weight excluding hydrogens is 312 g/mol. The SMILES string of the molecule is CC(C)[C@@H]1CN(S(C)(=O)=O)CC1C(=O)C=CCN1CCCCC1. The second-order valence-corrected chi connectivity index (χ2v) is 9.24. The molecule has 0 amide bonds. The molecule has 0 radical (unpaired) electrons. The Labute approximate surface area is 140 Å². The maximum absolute atomic E-state index is 12.5. The lowest BCUT2D eigenvalue weighted by atomic mass is 9.83. The number of carbonyl (C=O) groups excluding carboxylic acids is 1. The van der Waals surface area contributed by atoms with E-state index in [1.54, 1.807) is 6.08 Å². The fraction of sp³-hybridized carbons (Fsp3) is 0.824. The van der Waals surface area contributed by atoms with Crippen molar-refractivity contribution >= 4 is 15.8 Å². The minimum atomic E-state index is -3.22. The van der Waals surface area contributed by atoms with Crippen molar-refractivity contribution in [3.8, 4) is 0 Å². The lowest BCUT2D eigenvalue weighted by molar-refractivity contribution is -0.119. The summed E-state index contributed by atoms with van der Waals surface area (Å²) in [6, 6.07) is 0. The number of hydrogen-bond acceptors (Lipinski definition) is 4. The van der Waals surface area contributed by atoms with Crippen LogP contribution in [0.15, 0.2) is 12.2 Å². The van der Waals surface area contributed by atoms with Gasteiger partial charge in [-0.2, -0.15) is 0 Å². The number of carbonyl (C=O) groups is 1. The molecule has 0 aromatic heterocycles. The van der Waals surface area contributed by atoms with E-state index in [-0.39, 0.29) is 17.6 Å². The van der Waals surface area contributed by atoms with E-state index in [2.05, 4.69) is 18.7 Å². The fourth-order valence-electron chi connectivity index (χ4n) is 3.62. The third-order valence-corrected chi connectivity index (χ3v) is 6.35. The minimum Gasteiger partial charge on any atom is -0.300 e. The lowest BCUT2D eigenvalue weighted by Crippen LogP contribution is -2.30. The lowest BCUT2D eigenvalue weighted by Gasteiger charge is -2.25. The van der Waals surface area contributed by atoms with Crippen LogP contribution >= 0.6 is 0 Å². The van der Waals surface area contributed by atoms with Crippen molar-refractivity contribution in [3.63, 3.8) is 0 Å². The molecule has 0 bridgehead atoms. The molecule has 2 fully saturated rings. The molecule has 0 aromatic carbocycles. The smallest absolute Gasteiger partial charge is 0.211 e. The number of likely N-dealkylation sites (tertiary alicyclic amines) is 1. The first kappa shape index (κ1) is 18.6. The Bertz CT molecular complexity index is 536. The van der Waals surface area contributed by atoms with Crippen LogP contribution in [0.1, 0.15) is 33.1 Å². The highest BCUT2D eigenvalue weighted by molar-refractivity contribution is 7.88. The van der Waals surface area contributed by atoms with E-state index in [4.69, 9.17) is 0 Å². The standard InChI is InChI=1S/C17H30N2O3S/c1-14(2)15-12-19(23(3,21)22)13-16(15)17(20)8-7-11-18-9-5-4-6-10-18/h7-8,14-16H,4-6,9-13H2,1-3H3/t15-,16?/m0/s1. The Balaban J connectivity index is 1.95. The molecule has 2 aliphatic rings. The summed E-state index contributed by atoms with van der Waals surface area (Å²) >= 11 is 0. The van der Waals surface area contributed by atoms with E-state index in [1.807, 2.05) is 6.08 Å². The summed E-state index contributed by atoms with van der Waals surface area (Å²) in [6.45, 7) is 7.96. The molecule has 2 rings (SSSR count). The van der Waals surface area contributed by atoms with E-state index in [1.165, 1.54) is 29.8 Å². The van der Waals surface area contributed by atoms with Crippen LogP contribution in [-0.4, -0.2) is 62.4 Å². The number of nitrogens with zero attached hydrogens (tertiary/aromatic N) is 2. The zero-order valence-electron chi connectivity index (χ0n) is 14.6. The van der Waals surface area contributed by atoms with Gasteiger partial charge >= 0.3 is 0 Å². The average molecular weight is 343 g/mol. The van der Waals surface area contributed by atoms with E-state index in [0.29, 0.717) is 19.0 Å². The molecule has 5 nitrogen and oxygen atoms in total. The van der Waals surface area contributed by atoms with Gasteiger partial charge in [-0.05, 0) is 43.8 Å². The highest BCUT2D eigenvalue weighted by atomic mass is 32.2. The number of allylic oxidation sites excluding steroid dienone is 1. The van der Waals surface area contributed by atoms with E-state index in [0.717, 1.165) is 19.6 Å². The van der Waals surface area contributed by atoms with Gasteiger partial charge in [0.25, 0.3) is 0 Å². The summed E-state index contributed by atoms with van der Waals surface area (Å²) < 4.78 is 25.0. The summed E-state index contributed by atoms with van der Waals surface area (Å²) in [6.07, 6.45) is 8.64. The normalized spacial score (nSPS) is 28.0. The monoisotopic (exact) mass is 342 g/mol. The number of rotatable bonds is 6. The van der Waals surface area contributed by atoms with E-state index < -0.39 is 10.0 Å². The highest BCUT2D eigenvalue weighted by Crippen LogP contribution is 2.32. The maximum atomic E-state index is 12.5. The maximum Gasteiger partial charge on any atom is 0.211 e. The number of hydrogen-bond donors (Lipinski definition) is 0. The zero-order valence-corrected chi connectivity index (χ0v) is 15.4. The van der Waals surface area contributed by atoms with Crippen LogP contribution in [0.3, 0.4) is 0 Å². The van der Waals surface area contributed by atoms with Crippen molar-refractivity contribution in [1.82, 2.24) is 9.21 Å². The topological polar surface area (TPSA) is 57.7 Å². The Kier molecular flexibility index (Phi) is 6.40. The molecule has 6 heteroatoms. The van der Waals surface area contributed by atoms with Crippen LogP contribution in [0, 0.1) is 17.8 Å². The van der Waals surface area contributed by atoms with Crippen LogP contribution < -0.4 is 0 Å². The summed E-state index contributed by atoms with van der Waals surface area (Å²) in [7, 11) is -3.22. The molecule has 0 saturated carbocycles. The van der Waals surface area contributed by atoms with Crippen molar-refractivity contribution in [2.24, 2.45) is 17.8 Å². The first-order chi connectivity index (χ1) is 10.8. The average Bonchev–Trinajstić information content (AvgIpc) is 2.94. The second kappa shape index (κ2) is 7.90. The van der Waals surface area contributed by atoms with E-state index >= 15 is 0 Å². The molecule has 23 heavy (non-hydrogen) atoms. The molecule has 0 spiro atoms. The van der Waals surface area contributed by atoms with Crippen molar-refractivity contribution in [2.45, 2.75) is 33.1 Å². The Morgan fingerprint density at radius 2 is 1.83 bits per heavy atom. The van der Waals surface area contributed by atoms with Gasteiger partial charge in [-0.1, -0.05) is 26.3 Å². The van der Waals surface area contributed by atoms with Crippen LogP contribution in [0.4, 0.5) is 0 Å². The second-order valence-electron chi connectivity index (χ2n) is 7.26. The van der Waals surface area contributed by atoms with Gasteiger partial charge in [0.15, 0.2) is 5.78 Å². The fourth-order valence-corrected chi connectivity index (χ4v) is 4.50. The van der Waals surface area contributed by atoms with Gasteiger partial charge in [0.2, 0.25) is 10.0 Å². The van der Waals surface area contributed by atoms with Gasteiger partial charge in [0, 0.05) is 25.6 Å². The third kappa shape index (κ3) is 5.13. The van der Waals surface area contributed by atoms with Crippen LogP contribution in [0.5, 0.6) is 0 Å². The van der Waals surface area contributed by atoms with E-state index in [9.17, 15) is 13.2 Å². The molecular formula is C17H30N2O3S. The van der Waals surface area contributed by atoms with Crippen molar-refractivity contribution in [1.29, 1.82) is 0 Å². The molecule has 2 aliphatic heterocycles. The zero-order chi connectivity index (χ0) is 17.0. The first-order valence-corrected chi connectivity index (χ1v) is 10.5. The molecule has 1 unspecified atom stereocenters. The molecule has 0 aliphatic carbocycles. The largest absolute Gasteiger partial charge is 0.300 e. The quantitative estimate of drug-likeness (QED) is 0.690. The Morgan fingerprint density at radius 1 is 1.17 bits per heavy atom. The Hall–Kier alpha value is -0.720. The molecule has 2 atom stereocenters. The predicted octanol–water partition coefficient (Wildman–Crippen LogP) is 1.76. The third-order valence-electron chi connectivity index (χ3n) is 5.12. The summed E-state index contributed by atoms with van der Waals surface area (Å²) in [5.74, 6) is 0.275. The van der Waals surface area contributed by atoms with Gasteiger partial charge in [-0.3, -0.25) is 9.69 Å². The number of ketones is 1. The van der Waals surface area contributed by atoms with Crippen LogP contribution in [0.2, 0.25) is 0 Å². The summed E-state index contributed by atoms with van der Waals surface area (Å²) in [5, 5.41) is 0. The first-order valence-electron chi connectivity index (χ1n) is 8.67. The predicted molar refractivity (Wildman–Crippen MR) is 92.7 cm³/mol. The number of piperidine rings is 1. The summed E-state index contributed by atoms with van der Waals surface area (Å²) in [5.41, 5.74) is 0. The van der Waals surface area contributed by atoms with Gasteiger partial charge < -0.3 is 0 Å². The van der Waals surface area contributed by atoms with Gasteiger partial charge in [-0.25, -0.2) is 12.7 Å². The van der Waals surface area contributed by atoms with Crippen molar-refractivity contribution < 1.29 is 13.2 Å². The molecule has 0 aromatic rings. The van der Waals surface area contributed by atoms with Gasteiger partial charge in [0.05, 0.1) is 6.26 Å². The highest BCUT2D eigenvalue weighted by Gasteiger charge is 2.41. The van der Waals surface area contributed by atoms with Crippen LogP contribution in [0.25, 0.3) is 0 Å². The van der Waals surface area contributed by atoms with Gasteiger partial charge in [0.1, 0.15) is 0 Å². The molecule has 2 saturated heterocycles. The van der Waals surface area contributed by atoms with Gasteiger partial charge in [-0.15, -0.1) is 0 Å². The minimum absolute atomic E-state index is 0.0758. The van der Waals surface area contributed by atoms with Crippen molar-refractivity contribution in [2.75, 3.05) is 39.0 Å². The van der Waals surface area contributed by atoms with Crippen molar-refractivity contribution in [3.05, 3.63) is 12.2 Å². The molecule has 132 valence electrons. The van der Waals surface area contributed by atoms with Crippen LogP contribution in [-0.2, 0) is 14.8 Å². The number of sulfonamides is 1. The molecule has 2 heterocycles. The summed E-state index contributed by atoms with van der Waals surface area (Å²) in [4.78, 5) is 14.9.